The topological polar surface area (TPSA) is 112 Å². The highest BCUT2D eigenvalue weighted by Crippen LogP contribution is 2.20. The number of nitrogens with zero attached hydrogens (tertiary/aromatic N) is 6. The highest BCUT2D eigenvalue weighted by Gasteiger charge is 2.23. The van der Waals surface area contributed by atoms with Gasteiger partial charge in [-0.25, -0.2) is 0 Å². The maximum atomic E-state index is 12.9. The summed E-state index contributed by atoms with van der Waals surface area (Å²) in [5.41, 5.74) is 1.01. The van der Waals surface area contributed by atoms with E-state index in [-0.39, 0.29) is 21.8 Å². The quantitative estimate of drug-likeness (QED) is 0.700. The van der Waals surface area contributed by atoms with Crippen LogP contribution in [0.15, 0.2) is 24.7 Å². The summed E-state index contributed by atoms with van der Waals surface area (Å²) in [6.45, 7) is -1.19. The van der Waals surface area contributed by atoms with Gasteiger partial charge in [-0.2, -0.15) is 28.8 Å². The Morgan fingerprint density at radius 3 is 2.26 bits per heavy atom. The fraction of sp³-hybridized carbons (Fsp3) is 0.267. The van der Waals surface area contributed by atoms with E-state index in [0.717, 1.165) is 18.0 Å². The van der Waals surface area contributed by atoms with E-state index in [1.165, 1.54) is 24.1 Å². The molecule has 0 saturated heterocycles. The number of rotatable bonds is 5. The second kappa shape index (κ2) is 6.97. The molecule has 0 unspecified atom stereocenters. The van der Waals surface area contributed by atoms with Gasteiger partial charge in [0.15, 0.2) is 0 Å². The molecule has 0 atom stereocenters. The molecule has 0 aliphatic heterocycles. The molecule has 12 heteroatoms. The van der Waals surface area contributed by atoms with Gasteiger partial charge in [0.25, 0.3) is 11.8 Å². The molecule has 0 spiro atoms. The third-order valence-electron chi connectivity index (χ3n) is 3.97. The van der Waals surface area contributed by atoms with Crippen molar-refractivity contribution >= 4 is 23.2 Å². The third-order valence-corrected chi connectivity index (χ3v) is 3.97. The minimum atomic E-state index is -2.97. The average Bonchev–Trinajstić information content (AvgIpc) is 3.31. The van der Waals surface area contributed by atoms with Gasteiger partial charge in [0.1, 0.15) is 11.4 Å². The molecule has 0 aromatic carbocycles. The van der Waals surface area contributed by atoms with Gasteiger partial charge in [-0.05, 0) is 13.0 Å². The lowest BCUT2D eigenvalue weighted by Crippen LogP contribution is -2.22. The fourth-order valence-corrected chi connectivity index (χ4v) is 2.44. The molecule has 0 radical (unpaired) electrons. The van der Waals surface area contributed by atoms with Gasteiger partial charge in [0.2, 0.25) is 0 Å². The summed E-state index contributed by atoms with van der Waals surface area (Å²) in [6.07, 6.45) is 3.83. The van der Waals surface area contributed by atoms with Gasteiger partial charge in [0.05, 0.1) is 29.5 Å². The maximum absolute atomic E-state index is 12.9. The third kappa shape index (κ3) is 3.41. The lowest BCUT2D eigenvalue weighted by Gasteiger charge is -2.09. The molecular weight excluding hydrogens is 362 g/mol. The standard InChI is InChI=1S/C15H16F2N8O2/c1-8-9(6-19-23(8)2)21-14(27)12-10(7-20-24(12)3)22-13(26)11-4-5-18-25(11)15(16)17/h4-7,15H,1-3H3,(H,21,27)(H,22,26). The Balaban J connectivity index is 1.84. The van der Waals surface area contributed by atoms with Crippen LogP contribution in [0.3, 0.4) is 0 Å². The molecule has 2 N–H and O–H groups in total. The molecule has 2 amide bonds. The summed E-state index contributed by atoms with van der Waals surface area (Å²) < 4.78 is 28.9. The Morgan fingerprint density at radius 2 is 1.63 bits per heavy atom. The van der Waals surface area contributed by atoms with Crippen LogP contribution in [0.4, 0.5) is 20.2 Å². The van der Waals surface area contributed by atoms with E-state index >= 15 is 0 Å². The van der Waals surface area contributed by atoms with Crippen molar-refractivity contribution in [1.29, 1.82) is 0 Å². The van der Waals surface area contributed by atoms with Gasteiger partial charge in [0, 0.05) is 20.3 Å². The fourth-order valence-electron chi connectivity index (χ4n) is 2.44. The number of aromatic nitrogens is 6. The van der Waals surface area contributed by atoms with Crippen LogP contribution in [0.2, 0.25) is 0 Å². The molecule has 3 heterocycles. The highest BCUT2D eigenvalue weighted by molar-refractivity contribution is 6.11. The second-order valence-electron chi connectivity index (χ2n) is 5.64. The summed E-state index contributed by atoms with van der Waals surface area (Å²) in [5, 5.41) is 16.5. The molecule has 10 nitrogen and oxygen atoms in total. The summed E-state index contributed by atoms with van der Waals surface area (Å²) in [5.74, 6) is -1.38. The minimum Gasteiger partial charge on any atom is -0.318 e. The van der Waals surface area contributed by atoms with Gasteiger partial charge < -0.3 is 10.6 Å². The summed E-state index contributed by atoms with van der Waals surface area (Å²) >= 11 is 0. The van der Waals surface area contributed by atoms with Crippen molar-refractivity contribution in [1.82, 2.24) is 29.3 Å². The highest BCUT2D eigenvalue weighted by atomic mass is 19.3. The van der Waals surface area contributed by atoms with Crippen LogP contribution in [0.1, 0.15) is 33.2 Å². The van der Waals surface area contributed by atoms with Crippen LogP contribution < -0.4 is 10.6 Å². The molecule has 142 valence electrons. The van der Waals surface area contributed by atoms with Crippen molar-refractivity contribution in [3.63, 3.8) is 0 Å². The van der Waals surface area contributed by atoms with Crippen molar-refractivity contribution in [3.8, 4) is 0 Å². The Morgan fingerprint density at radius 1 is 1.00 bits per heavy atom. The van der Waals surface area contributed by atoms with E-state index in [1.54, 1.807) is 18.7 Å². The van der Waals surface area contributed by atoms with E-state index in [0.29, 0.717) is 5.69 Å². The Bertz CT molecular complexity index is 1000. The number of hydrogen-bond donors (Lipinski definition) is 2. The van der Waals surface area contributed by atoms with Crippen LogP contribution in [0.5, 0.6) is 0 Å². The number of anilines is 2. The summed E-state index contributed by atoms with van der Waals surface area (Å²) in [7, 11) is 3.25. The van der Waals surface area contributed by atoms with E-state index in [1.807, 2.05) is 0 Å². The van der Waals surface area contributed by atoms with Gasteiger partial charge >= 0.3 is 6.55 Å². The molecule has 27 heavy (non-hydrogen) atoms. The Labute approximate surface area is 151 Å². The van der Waals surface area contributed by atoms with Crippen LogP contribution >= 0.6 is 0 Å². The molecule has 0 fully saturated rings. The van der Waals surface area contributed by atoms with E-state index < -0.39 is 18.4 Å². The van der Waals surface area contributed by atoms with Crippen LogP contribution in [-0.2, 0) is 14.1 Å². The first-order valence-electron chi connectivity index (χ1n) is 7.74. The largest absolute Gasteiger partial charge is 0.333 e. The average molecular weight is 378 g/mol. The van der Waals surface area contributed by atoms with Crippen LogP contribution in [0.25, 0.3) is 0 Å². The molecule has 0 saturated carbocycles. The number of alkyl halides is 2. The minimum absolute atomic E-state index is 0.0507. The SMILES string of the molecule is Cc1c(NC(=O)c2c(NC(=O)c3ccnn3C(F)F)cnn2C)cnn1C. The molecule has 3 aromatic rings. The smallest absolute Gasteiger partial charge is 0.318 e. The monoisotopic (exact) mass is 378 g/mol. The van der Waals surface area contributed by atoms with Crippen LogP contribution in [-0.4, -0.2) is 41.2 Å². The number of amides is 2. The van der Waals surface area contributed by atoms with Crippen molar-refractivity contribution < 1.29 is 18.4 Å². The van der Waals surface area contributed by atoms with Crippen molar-refractivity contribution in [2.75, 3.05) is 10.6 Å². The first kappa shape index (κ1) is 18.2. The first-order chi connectivity index (χ1) is 12.8. The van der Waals surface area contributed by atoms with Gasteiger partial charge in [-0.1, -0.05) is 0 Å². The molecular formula is C15H16F2N8O2. The number of hydrogen-bond acceptors (Lipinski definition) is 5. The van der Waals surface area contributed by atoms with Gasteiger partial charge in [-0.3, -0.25) is 19.0 Å². The number of aryl methyl sites for hydroxylation is 2. The second-order valence-corrected chi connectivity index (χ2v) is 5.64. The maximum Gasteiger partial charge on any atom is 0.333 e. The van der Waals surface area contributed by atoms with Gasteiger partial charge in [-0.15, -0.1) is 0 Å². The number of carbonyl (C=O) groups excluding carboxylic acids is 2. The Kier molecular flexibility index (Phi) is 4.71. The molecule has 3 aromatic heterocycles. The number of carbonyl (C=O) groups is 2. The number of halogens is 2. The summed E-state index contributed by atoms with van der Waals surface area (Å²) in [6, 6.07) is 1.15. The summed E-state index contributed by atoms with van der Waals surface area (Å²) in [4.78, 5) is 24.9. The molecule has 3 rings (SSSR count). The zero-order chi connectivity index (χ0) is 19.7. The lowest BCUT2D eigenvalue weighted by atomic mass is 10.3. The predicted molar refractivity (Wildman–Crippen MR) is 90.5 cm³/mol. The zero-order valence-electron chi connectivity index (χ0n) is 14.6. The Hall–Kier alpha value is -3.57. The zero-order valence-corrected chi connectivity index (χ0v) is 14.6. The van der Waals surface area contributed by atoms with Crippen molar-refractivity contribution in [2.45, 2.75) is 13.5 Å². The predicted octanol–water partition coefficient (Wildman–Crippen LogP) is 1.56. The molecule has 0 aliphatic carbocycles. The lowest BCUT2D eigenvalue weighted by molar-refractivity contribution is 0.0520. The normalized spacial score (nSPS) is 11.0. The van der Waals surface area contributed by atoms with Crippen LogP contribution in [0, 0.1) is 6.92 Å². The van der Waals surface area contributed by atoms with Crippen molar-refractivity contribution in [2.24, 2.45) is 14.1 Å². The van der Waals surface area contributed by atoms with E-state index in [4.69, 9.17) is 0 Å². The number of nitrogens with one attached hydrogen (secondary N) is 2. The molecule has 0 bridgehead atoms. The van der Waals surface area contributed by atoms with Crippen molar-refractivity contribution in [3.05, 3.63) is 41.7 Å². The van der Waals surface area contributed by atoms with E-state index in [9.17, 15) is 18.4 Å². The van der Waals surface area contributed by atoms with E-state index in [2.05, 4.69) is 25.9 Å². The molecule has 0 aliphatic rings. The first-order valence-corrected chi connectivity index (χ1v) is 7.74.